The summed E-state index contributed by atoms with van der Waals surface area (Å²) in [5.41, 5.74) is 13.5. The quantitative estimate of drug-likeness (QED) is 0.286. The lowest BCUT2D eigenvalue weighted by Gasteiger charge is -2.15. The second-order valence-electron chi connectivity index (χ2n) is 8.96. The van der Waals surface area contributed by atoms with Gasteiger partial charge in [0, 0.05) is 17.0 Å². The van der Waals surface area contributed by atoms with Gasteiger partial charge in [0.05, 0.1) is 5.69 Å². The first-order chi connectivity index (χ1) is 19.2. The van der Waals surface area contributed by atoms with Gasteiger partial charge >= 0.3 is 18.1 Å². The van der Waals surface area contributed by atoms with E-state index in [1.807, 2.05) is 6.07 Å². The van der Waals surface area contributed by atoms with Gasteiger partial charge in [-0.25, -0.2) is 14.6 Å². The molecule has 0 bridgehead atoms. The minimum atomic E-state index is -5.08. The number of thiazole rings is 1. The minimum absolute atomic E-state index is 0.322. The highest BCUT2D eigenvalue weighted by atomic mass is 32.1. The lowest BCUT2D eigenvalue weighted by atomic mass is 9.93. The number of benzene rings is 2. The summed E-state index contributed by atoms with van der Waals surface area (Å²) in [5.74, 6) is -4.01. The standard InChI is InChI=1S/C16H16N2O3.C9H12N2OS.C2HF3O2/c17-10-11-5-4-8-13(9-11)15(19)18-14(16(20)21)12-6-2-1-3-7-12;1-5-2-3-7-6(4-5)11-9(13-7)8(10)12;3-2(4,5)1(6)7/h1-9,14H,10,17H2,(H,18,19)(H,20,21);5H,2-4H2,1H3,(H2,10,12);(H,6,7). The van der Waals surface area contributed by atoms with Crippen molar-refractivity contribution in [3.63, 3.8) is 0 Å². The fourth-order valence-corrected chi connectivity index (χ4v) is 4.60. The molecule has 0 radical (unpaired) electrons. The van der Waals surface area contributed by atoms with Crippen molar-refractivity contribution in [2.24, 2.45) is 17.4 Å². The number of carboxylic acids is 2. The number of hydrogen-bond donors (Lipinski definition) is 5. The zero-order chi connectivity index (χ0) is 30.7. The van der Waals surface area contributed by atoms with Gasteiger partial charge in [0.25, 0.3) is 11.8 Å². The number of fused-ring (bicyclic) bond motifs is 1. The van der Waals surface area contributed by atoms with Gasteiger partial charge in [0.2, 0.25) is 0 Å². The van der Waals surface area contributed by atoms with Crippen molar-refractivity contribution in [2.75, 3.05) is 0 Å². The van der Waals surface area contributed by atoms with Crippen molar-refractivity contribution in [1.29, 1.82) is 0 Å². The van der Waals surface area contributed by atoms with Crippen LogP contribution >= 0.6 is 11.3 Å². The molecule has 10 nitrogen and oxygen atoms in total. The third-order valence-electron chi connectivity index (χ3n) is 5.72. The van der Waals surface area contributed by atoms with E-state index in [1.165, 1.54) is 22.6 Å². The third kappa shape index (κ3) is 10.3. The Kier molecular flexibility index (Phi) is 12.0. The predicted octanol–water partition coefficient (Wildman–Crippen LogP) is 3.70. The molecule has 1 aromatic heterocycles. The van der Waals surface area contributed by atoms with Gasteiger partial charge in [-0.3, -0.25) is 9.59 Å². The highest BCUT2D eigenvalue weighted by Gasteiger charge is 2.38. The number of carbonyl (C=O) groups excluding carboxylic acids is 2. The number of carboxylic acid groups (broad SMARTS) is 2. The number of alkyl halides is 3. The summed E-state index contributed by atoms with van der Waals surface area (Å²) in [5, 5.41) is 19.4. The number of carbonyl (C=O) groups is 4. The molecule has 220 valence electrons. The number of hydrogen-bond acceptors (Lipinski definition) is 7. The second kappa shape index (κ2) is 14.9. The Labute approximate surface area is 237 Å². The van der Waals surface area contributed by atoms with E-state index in [0.717, 1.165) is 24.1 Å². The molecular formula is C27H29F3N4O6S. The summed E-state index contributed by atoms with van der Waals surface area (Å²) in [7, 11) is 0. The number of amides is 2. The van der Waals surface area contributed by atoms with Crippen LogP contribution in [-0.4, -0.2) is 45.1 Å². The average molecular weight is 595 g/mol. The molecular weight excluding hydrogens is 565 g/mol. The van der Waals surface area contributed by atoms with Crippen molar-refractivity contribution in [2.45, 2.75) is 44.9 Å². The molecule has 0 saturated heterocycles. The van der Waals surface area contributed by atoms with Crippen molar-refractivity contribution in [3.8, 4) is 0 Å². The van der Waals surface area contributed by atoms with Crippen LogP contribution in [0.5, 0.6) is 0 Å². The first kappa shape index (κ1) is 32.9. The van der Waals surface area contributed by atoms with Crippen LogP contribution in [0, 0.1) is 5.92 Å². The van der Waals surface area contributed by atoms with Crippen LogP contribution in [-0.2, 0) is 29.0 Å². The van der Waals surface area contributed by atoms with E-state index in [1.54, 1.807) is 48.5 Å². The summed E-state index contributed by atoms with van der Waals surface area (Å²) < 4.78 is 31.7. The number of rotatable bonds is 6. The topological polar surface area (TPSA) is 186 Å². The SMILES string of the molecule is CC1CCc2sc(C(N)=O)nc2C1.NCc1cccc(C(=O)NC(C(=O)O)c2ccccc2)c1.O=C(O)C(F)(F)F. The average Bonchev–Trinajstić information content (AvgIpc) is 3.36. The van der Waals surface area contributed by atoms with Gasteiger partial charge in [0.15, 0.2) is 11.0 Å². The minimum Gasteiger partial charge on any atom is -0.479 e. The molecule has 3 aromatic rings. The van der Waals surface area contributed by atoms with Gasteiger partial charge in [0.1, 0.15) is 0 Å². The second-order valence-corrected chi connectivity index (χ2v) is 10.0. The molecule has 0 fully saturated rings. The van der Waals surface area contributed by atoms with E-state index in [0.29, 0.717) is 28.6 Å². The van der Waals surface area contributed by atoms with E-state index in [4.69, 9.17) is 21.4 Å². The molecule has 1 aliphatic rings. The van der Waals surface area contributed by atoms with E-state index in [9.17, 15) is 32.7 Å². The molecule has 7 N–H and O–H groups in total. The molecule has 0 saturated carbocycles. The molecule has 2 amide bonds. The number of primary amides is 1. The van der Waals surface area contributed by atoms with E-state index < -0.39 is 36.0 Å². The molecule has 2 aromatic carbocycles. The molecule has 1 heterocycles. The van der Waals surface area contributed by atoms with Crippen LogP contribution in [0.3, 0.4) is 0 Å². The number of aliphatic carboxylic acids is 2. The third-order valence-corrected chi connectivity index (χ3v) is 6.89. The zero-order valence-corrected chi connectivity index (χ0v) is 22.7. The Morgan fingerprint density at radius 3 is 2.27 bits per heavy atom. The normalized spacial score (nSPS) is 14.6. The van der Waals surface area contributed by atoms with Crippen LogP contribution in [0.25, 0.3) is 0 Å². The summed E-state index contributed by atoms with van der Waals surface area (Å²) in [4.78, 5) is 48.8. The lowest BCUT2D eigenvalue weighted by molar-refractivity contribution is -0.192. The molecule has 14 heteroatoms. The summed E-state index contributed by atoms with van der Waals surface area (Å²) >= 11 is 1.46. The molecule has 0 spiro atoms. The Morgan fingerprint density at radius 1 is 1.10 bits per heavy atom. The lowest BCUT2D eigenvalue weighted by Crippen LogP contribution is -2.33. The molecule has 4 rings (SSSR count). The molecule has 41 heavy (non-hydrogen) atoms. The number of nitrogens with two attached hydrogens (primary N) is 2. The monoisotopic (exact) mass is 594 g/mol. The summed E-state index contributed by atoms with van der Waals surface area (Å²) in [6, 6.07) is 14.3. The largest absolute Gasteiger partial charge is 0.490 e. The van der Waals surface area contributed by atoms with E-state index in [-0.39, 0.29) is 0 Å². The van der Waals surface area contributed by atoms with Crippen molar-refractivity contribution < 1.29 is 42.6 Å². The van der Waals surface area contributed by atoms with Gasteiger partial charge < -0.3 is 27.0 Å². The maximum atomic E-state index is 12.2. The Balaban J connectivity index is 0.000000249. The first-order valence-electron chi connectivity index (χ1n) is 12.2. The molecule has 1 aliphatic carbocycles. The molecule has 0 aliphatic heterocycles. The number of nitrogens with one attached hydrogen (secondary N) is 1. The van der Waals surface area contributed by atoms with Crippen molar-refractivity contribution in [3.05, 3.63) is 86.9 Å². The van der Waals surface area contributed by atoms with Crippen molar-refractivity contribution >= 4 is 35.1 Å². The van der Waals surface area contributed by atoms with Crippen molar-refractivity contribution in [1.82, 2.24) is 10.3 Å². The number of aromatic nitrogens is 1. The Hall–Kier alpha value is -4.30. The van der Waals surface area contributed by atoms with Gasteiger partial charge in [-0.05, 0) is 48.4 Å². The van der Waals surface area contributed by atoms with Gasteiger partial charge in [-0.15, -0.1) is 11.3 Å². The van der Waals surface area contributed by atoms with E-state index >= 15 is 0 Å². The number of nitrogens with zero attached hydrogens (tertiary/aromatic N) is 1. The van der Waals surface area contributed by atoms with Crippen LogP contribution in [0.1, 0.15) is 61.2 Å². The van der Waals surface area contributed by atoms with Crippen LogP contribution in [0.2, 0.25) is 0 Å². The summed E-state index contributed by atoms with van der Waals surface area (Å²) in [6.45, 7) is 2.54. The highest BCUT2D eigenvalue weighted by molar-refractivity contribution is 7.13. The van der Waals surface area contributed by atoms with Gasteiger partial charge in [-0.1, -0.05) is 49.4 Å². The predicted molar refractivity (Wildman–Crippen MR) is 144 cm³/mol. The molecule has 2 unspecified atom stereocenters. The smallest absolute Gasteiger partial charge is 0.479 e. The fraction of sp³-hybridized carbons (Fsp3) is 0.296. The van der Waals surface area contributed by atoms with E-state index in [2.05, 4.69) is 17.2 Å². The Bertz CT molecular complexity index is 1360. The first-order valence-corrected chi connectivity index (χ1v) is 13.0. The maximum absolute atomic E-state index is 12.2. The number of aryl methyl sites for hydroxylation is 1. The van der Waals surface area contributed by atoms with Crippen LogP contribution in [0.4, 0.5) is 13.2 Å². The Morgan fingerprint density at radius 2 is 1.73 bits per heavy atom. The maximum Gasteiger partial charge on any atom is 0.490 e. The van der Waals surface area contributed by atoms with Crippen LogP contribution in [0.15, 0.2) is 54.6 Å². The van der Waals surface area contributed by atoms with Crippen LogP contribution < -0.4 is 16.8 Å². The van der Waals surface area contributed by atoms with Gasteiger partial charge in [-0.2, -0.15) is 13.2 Å². The zero-order valence-electron chi connectivity index (χ0n) is 21.9. The molecule has 2 atom stereocenters. The fourth-order valence-electron chi connectivity index (χ4n) is 3.64. The highest BCUT2D eigenvalue weighted by Crippen LogP contribution is 2.29. The number of halogens is 3. The summed E-state index contributed by atoms with van der Waals surface area (Å²) in [6.07, 6.45) is -1.83.